The molecule has 0 amide bonds. The summed E-state index contributed by atoms with van der Waals surface area (Å²) >= 11 is 0. The Hall–Kier alpha value is -2.28. The van der Waals surface area contributed by atoms with Crippen LogP contribution in [0.15, 0.2) is 18.2 Å². The number of ether oxygens (including phenoxy) is 1. The lowest BCUT2D eigenvalue weighted by atomic mass is 10.3. The van der Waals surface area contributed by atoms with E-state index in [1.54, 1.807) is 13.8 Å². The van der Waals surface area contributed by atoms with Crippen LogP contribution in [0.4, 0.5) is 14.6 Å². The number of hydrazine groups is 1. The zero-order valence-electron chi connectivity index (χ0n) is 10.4. The van der Waals surface area contributed by atoms with E-state index in [2.05, 4.69) is 15.4 Å². The van der Waals surface area contributed by atoms with Crippen molar-refractivity contribution >= 4 is 5.82 Å². The lowest BCUT2D eigenvalue weighted by molar-refractivity contribution is 0.419. The molecule has 0 saturated heterocycles. The van der Waals surface area contributed by atoms with E-state index in [-0.39, 0.29) is 11.6 Å². The highest BCUT2D eigenvalue weighted by Gasteiger charge is 2.13. The second-order valence-electron chi connectivity index (χ2n) is 3.87. The monoisotopic (exact) mass is 266 g/mol. The Kier molecular flexibility index (Phi) is 3.57. The van der Waals surface area contributed by atoms with Gasteiger partial charge < -0.3 is 10.2 Å². The summed E-state index contributed by atoms with van der Waals surface area (Å²) in [6, 6.07) is 3.03. The highest BCUT2D eigenvalue weighted by molar-refractivity contribution is 5.48. The molecule has 1 aromatic carbocycles. The van der Waals surface area contributed by atoms with Gasteiger partial charge in [-0.05, 0) is 26.0 Å². The van der Waals surface area contributed by atoms with Crippen molar-refractivity contribution in [3.05, 3.63) is 41.2 Å². The minimum atomic E-state index is -0.807. The fourth-order valence-electron chi connectivity index (χ4n) is 1.50. The molecule has 0 unspecified atom stereocenters. The summed E-state index contributed by atoms with van der Waals surface area (Å²) in [5.74, 6) is 4.66. The molecule has 2 rings (SSSR count). The van der Waals surface area contributed by atoms with E-state index >= 15 is 0 Å². The van der Waals surface area contributed by atoms with E-state index in [0.717, 1.165) is 12.1 Å². The molecule has 0 saturated carbocycles. The van der Waals surface area contributed by atoms with Gasteiger partial charge in [-0.25, -0.2) is 19.6 Å². The summed E-state index contributed by atoms with van der Waals surface area (Å²) in [4.78, 5) is 8.10. The summed E-state index contributed by atoms with van der Waals surface area (Å²) in [5.41, 5.74) is 2.93. The summed E-state index contributed by atoms with van der Waals surface area (Å²) in [6.45, 7) is 3.32. The smallest absolute Gasteiger partial charge is 0.227 e. The molecule has 1 aromatic heterocycles. The lowest BCUT2D eigenvalue weighted by Crippen LogP contribution is -2.12. The molecule has 19 heavy (non-hydrogen) atoms. The van der Waals surface area contributed by atoms with Crippen molar-refractivity contribution in [1.82, 2.24) is 9.97 Å². The van der Waals surface area contributed by atoms with Gasteiger partial charge in [0, 0.05) is 6.07 Å². The number of anilines is 1. The first-order valence-corrected chi connectivity index (χ1v) is 5.46. The largest absolute Gasteiger partial charge is 0.435 e. The van der Waals surface area contributed by atoms with Crippen LogP contribution in [-0.4, -0.2) is 9.97 Å². The maximum atomic E-state index is 13.5. The van der Waals surface area contributed by atoms with Gasteiger partial charge in [0.05, 0.1) is 5.56 Å². The Morgan fingerprint density at radius 3 is 2.58 bits per heavy atom. The fraction of sp³-hybridized carbons (Fsp3) is 0.167. The quantitative estimate of drug-likeness (QED) is 0.659. The van der Waals surface area contributed by atoms with Gasteiger partial charge >= 0.3 is 0 Å². The van der Waals surface area contributed by atoms with E-state index < -0.39 is 11.6 Å². The predicted molar refractivity (Wildman–Crippen MR) is 65.7 cm³/mol. The van der Waals surface area contributed by atoms with Crippen LogP contribution in [0.2, 0.25) is 0 Å². The Labute approximate surface area is 108 Å². The standard InChI is InChI=1S/C12H12F2N4O/c1-6-11(18-15)16-7(2)17-12(6)19-10-4-3-8(13)5-9(10)14/h3-5H,15H2,1-2H3,(H,16,17,18). The van der Waals surface area contributed by atoms with Crippen molar-refractivity contribution < 1.29 is 13.5 Å². The number of hydrogen-bond donors (Lipinski definition) is 2. The molecule has 2 aromatic rings. The number of halogens is 2. The first-order chi connectivity index (χ1) is 9.01. The summed E-state index contributed by atoms with van der Waals surface area (Å²) in [6.07, 6.45) is 0. The molecular weight excluding hydrogens is 254 g/mol. The Morgan fingerprint density at radius 1 is 1.21 bits per heavy atom. The summed E-state index contributed by atoms with van der Waals surface area (Å²) in [7, 11) is 0. The normalized spacial score (nSPS) is 10.4. The maximum absolute atomic E-state index is 13.5. The average molecular weight is 266 g/mol. The first kappa shape index (κ1) is 13.2. The van der Waals surface area contributed by atoms with E-state index in [9.17, 15) is 8.78 Å². The van der Waals surface area contributed by atoms with E-state index in [1.807, 2.05) is 0 Å². The maximum Gasteiger partial charge on any atom is 0.227 e. The van der Waals surface area contributed by atoms with Crippen LogP contribution in [0.5, 0.6) is 11.6 Å². The molecule has 3 N–H and O–H groups in total. The number of hydrogen-bond acceptors (Lipinski definition) is 5. The molecule has 0 spiro atoms. The molecule has 0 aliphatic rings. The van der Waals surface area contributed by atoms with Crippen LogP contribution < -0.4 is 16.0 Å². The minimum absolute atomic E-state index is 0.120. The van der Waals surface area contributed by atoms with Crippen molar-refractivity contribution in [2.45, 2.75) is 13.8 Å². The zero-order valence-corrected chi connectivity index (χ0v) is 10.4. The van der Waals surface area contributed by atoms with Crippen LogP contribution in [0.1, 0.15) is 11.4 Å². The molecule has 0 aliphatic heterocycles. The molecule has 0 atom stereocenters. The SMILES string of the molecule is Cc1nc(NN)c(C)c(Oc2ccc(F)cc2F)n1. The average Bonchev–Trinajstić information content (AvgIpc) is 2.36. The van der Waals surface area contributed by atoms with E-state index in [4.69, 9.17) is 10.6 Å². The third-order valence-electron chi connectivity index (χ3n) is 2.45. The second-order valence-corrected chi connectivity index (χ2v) is 3.87. The van der Waals surface area contributed by atoms with Gasteiger partial charge in [-0.2, -0.15) is 4.98 Å². The van der Waals surface area contributed by atoms with Gasteiger partial charge in [0.1, 0.15) is 17.5 Å². The van der Waals surface area contributed by atoms with Gasteiger partial charge in [0.2, 0.25) is 5.88 Å². The molecule has 5 nitrogen and oxygen atoms in total. The van der Waals surface area contributed by atoms with Crippen molar-refractivity contribution in [3.63, 3.8) is 0 Å². The van der Waals surface area contributed by atoms with Crippen LogP contribution in [0.3, 0.4) is 0 Å². The number of rotatable bonds is 3. The zero-order chi connectivity index (χ0) is 14.0. The number of aryl methyl sites for hydroxylation is 1. The van der Waals surface area contributed by atoms with Crippen molar-refractivity contribution in [2.75, 3.05) is 5.43 Å². The highest BCUT2D eigenvalue weighted by Crippen LogP contribution is 2.28. The van der Waals surface area contributed by atoms with Crippen molar-refractivity contribution in [2.24, 2.45) is 5.84 Å². The van der Waals surface area contributed by atoms with E-state index in [1.165, 1.54) is 6.07 Å². The number of nitrogen functional groups attached to an aromatic ring is 1. The molecular formula is C12H12F2N4O. The fourth-order valence-corrected chi connectivity index (χ4v) is 1.50. The molecule has 7 heteroatoms. The topological polar surface area (TPSA) is 73.1 Å². The summed E-state index contributed by atoms with van der Waals surface area (Å²) < 4.78 is 31.6. The molecule has 0 aliphatic carbocycles. The van der Waals surface area contributed by atoms with Crippen LogP contribution >= 0.6 is 0 Å². The van der Waals surface area contributed by atoms with Crippen LogP contribution in [0.25, 0.3) is 0 Å². The Balaban J connectivity index is 2.40. The van der Waals surface area contributed by atoms with Gasteiger partial charge in [-0.3, -0.25) is 0 Å². The van der Waals surface area contributed by atoms with Crippen LogP contribution in [0, 0.1) is 25.5 Å². The Morgan fingerprint density at radius 2 is 1.95 bits per heavy atom. The van der Waals surface area contributed by atoms with Crippen LogP contribution in [-0.2, 0) is 0 Å². The molecule has 0 fully saturated rings. The van der Waals surface area contributed by atoms with Crippen molar-refractivity contribution in [3.8, 4) is 11.6 Å². The van der Waals surface area contributed by atoms with Crippen molar-refractivity contribution in [1.29, 1.82) is 0 Å². The first-order valence-electron chi connectivity index (χ1n) is 5.46. The number of benzene rings is 1. The lowest BCUT2D eigenvalue weighted by Gasteiger charge is -2.11. The second kappa shape index (κ2) is 5.15. The van der Waals surface area contributed by atoms with Gasteiger partial charge in [0.15, 0.2) is 11.6 Å². The third-order valence-corrected chi connectivity index (χ3v) is 2.45. The van der Waals surface area contributed by atoms with Gasteiger partial charge in [-0.15, -0.1) is 0 Å². The van der Waals surface area contributed by atoms with E-state index in [0.29, 0.717) is 17.2 Å². The third kappa shape index (κ3) is 2.76. The number of nitrogens with two attached hydrogens (primary N) is 1. The molecule has 100 valence electrons. The Bertz CT molecular complexity index is 619. The predicted octanol–water partition coefficient (Wildman–Crippen LogP) is 2.45. The minimum Gasteiger partial charge on any atom is -0.435 e. The molecule has 0 bridgehead atoms. The number of aromatic nitrogens is 2. The number of nitrogens with zero attached hydrogens (tertiary/aromatic N) is 2. The van der Waals surface area contributed by atoms with Gasteiger partial charge in [-0.1, -0.05) is 0 Å². The highest BCUT2D eigenvalue weighted by atomic mass is 19.1. The van der Waals surface area contributed by atoms with Gasteiger partial charge in [0.25, 0.3) is 0 Å². The summed E-state index contributed by atoms with van der Waals surface area (Å²) in [5, 5.41) is 0. The molecule has 0 radical (unpaired) electrons. The number of nitrogens with one attached hydrogen (secondary N) is 1. The molecule has 1 heterocycles.